The van der Waals surface area contributed by atoms with Crippen molar-refractivity contribution < 1.29 is 4.42 Å². The van der Waals surface area contributed by atoms with E-state index in [1.54, 1.807) is 6.26 Å². The van der Waals surface area contributed by atoms with E-state index in [2.05, 4.69) is 28.1 Å². The minimum atomic E-state index is -0.0680. The van der Waals surface area contributed by atoms with Gasteiger partial charge in [0.1, 0.15) is 11.5 Å². The molecule has 1 aliphatic heterocycles. The monoisotopic (exact) mass is 528 g/mol. The molecule has 34 heavy (non-hydrogen) atoms. The highest BCUT2D eigenvalue weighted by molar-refractivity contribution is 9.10. The number of furan rings is 1. The molecular formula is C27H18BrClN4O. The maximum atomic E-state index is 6.34. The number of hydrazone groups is 1. The van der Waals surface area contributed by atoms with Gasteiger partial charge in [0.25, 0.3) is 0 Å². The Morgan fingerprint density at radius 1 is 0.912 bits per heavy atom. The van der Waals surface area contributed by atoms with E-state index in [0.717, 1.165) is 43.7 Å². The summed E-state index contributed by atoms with van der Waals surface area (Å²) in [6.07, 6.45) is 2.34. The minimum Gasteiger partial charge on any atom is -0.463 e. The van der Waals surface area contributed by atoms with Gasteiger partial charge in [0.2, 0.25) is 5.95 Å². The number of hydrogen-bond donors (Lipinski definition) is 0. The van der Waals surface area contributed by atoms with E-state index < -0.39 is 0 Å². The van der Waals surface area contributed by atoms with Crippen LogP contribution in [0.15, 0.2) is 105 Å². The smallest absolute Gasteiger partial charge is 0.247 e. The molecule has 0 N–H and O–H groups in total. The predicted molar refractivity (Wildman–Crippen MR) is 139 cm³/mol. The van der Waals surface area contributed by atoms with Gasteiger partial charge in [-0.3, -0.25) is 0 Å². The molecular weight excluding hydrogens is 512 g/mol. The number of fused-ring (bicyclic) bond motifs is 1. The summed E-state index contributed by atoms with van der Waals surface area (Å²) in [7, 11) is 0. The summed E-state index contributed by atoms with van der Waals surface area (Å²) in [6, 6.07) is 27.8. The zero-order chi connectivity index (χ0) is 23.1. The van der Waals surface area contributed by atoms with E-state index in [1.807, 2.05) is 77.8 Å². The van der Waals surface area contributed by atoms with Crippen LogP contribution in [0.25, 0.3) is 22.2 Å². The van der Waals surface area contributed by atoms with Gasteiger partial charge in [0.15, 0.2) is 0 Å². The van der Waals surface area contributed by atoms with Crippen LogP contribution in [0, 0.1) is 0 Å². The van der Waals surface area contributed by atoms with Crippen LogP contribution in [0.2, 0.25) is 5.02 Å². The van der Waals surface area contributed by atoms with Crippen molar-refractivity contribution in [2.24, 2.45) is 5.10 Å². The van der Waals surface area contributed by atoms with Crippen molar-refractivity contribution in [2.45, 2.75) is 12.5 Å². The topological polar surface area (TPSA) is 54.5 Å². The number of aromatic nitrogens is 2. The molecule has 1 atom stereocenters. The number of rotatable bonds is 4. The van der Waals surface area contributed by atoms with Crippen molar-refractivity contribution in [3.05, 3.63) is 112 Å². The van der Waals surface area contributed by atoms with Gasteiger partial charge in [-0.1, -0.05) is 70.0 Å². The molecule has 0 radical (unpaired) electrons. The van der Waals surface area contributed by atoms with Gasteiger partial charge in [-0.05, 0) is 48.0 Å². The molecule has 0 saturated carbocycles. The third-order valence-electron chi connectivity index (χ3n) is 5.87. The average molecular weight is 530 g/mol. The van der Waals surface area contributed by atoms with E-state index in [0.29, 0.717) is 17.4 Å². The Balaban J connectivity index is 1.54. The fraction of sp³-hybridized carbons (Fsp3) is 0.0741. The van der Waals surface area contributed by atoms with E-state index in [9.17, 15) is 0 Å². The Hall–Kier alpha value is -3.48. The Morgan fingerprint density at radius 3 is 2.50 bits per heavy atom. The zero-order valence-corrected chi connectivity index (χ0v) is 20.2. The lowest BCUT2D eigenvalue weighted by Crippen LogP contribution is -2.21. The molecule has 0 amide bonds. The highest BCUT2D eigenvalue weighted by atomic mass is 79.9. The number of halogens is 2. The molecule has 3 heterocycles. The molecule has 0 saturated heterocycles. The van der Waals surface area contributed by atoms with Crippen LogP contribution in [0.1, 0.15) is 23.8 Å². The van der Waals surface area contributed by atoms with Crippen molar-refractivity contribution in [3.63, 3.8) is 0 Å². The lowest BCUT2D eigenvalue weighted by molar-refractivity contribution is 0.556. The largest absolute Gasteiger partial charge is 0.463 e. The third kappa shape index (κ3) is 3.89. The summed E-state index contributed by atoms with van der Waals surface area (Å²) in [6.45, 7) is 0. The molecule has 1 aliphatic rings. The molecule has 5 nitrogen and oxygen atoms in total. The molecule has 5 aromatic rings. The van der Waals surface area contributed by atoms with Gasteiger partial charge < -0.3 is 4.42 Å². The van der Waals surface area contributed by atoms with Crippen LogP contribution in [0.4, 0.5) is 5.95 Å². The summed E-state index contributed by atoms with van der Waals surface area (Å²) in [5, 5.41) is 8.38. The normalized spacial score (nSPS) is 15.6. The molecule has 6 rings (SSSR count). The maximum Gasteiger partial charge on any atom is 0.247 e. The summed E-state index contributed by atoms with van der Waals surface area (Å²) in [5.74, 6) is 1.28. The van der Waals surface area contributed by atoms with Gasteiger partial charge in [-0.15, -0.1) is 0 Å². The first kappa shape index (κ1) is 21.1. The molecule has 166 valence electrons. The molecule has 3 aromatic carbocycles. The van der Waals surface area contributed by atoms with E-state index in [4.69, 9.17) is 31.1 Å². The Kier molecular flexibility index (Phi) is 5.40. The predicted octanol–water partition coefficient (Wildman–Crippen LogP) is 7.66. The van der Waals surface area contributed by atoms with Gasteiger partial charge in [0, 0.05) is 26.9 Å². The fourth-order valence-corrected chi connectivity index (χ4v) is 4.67. The van der Waals surface area contributed by atoms with E-state index in [-0.39, 0.29) is 6.04 Å². The lowest BCUT2D eigenvalue weighted by atomic mass is 10.0. The van der Waals surface area contributed by atoms with Crippen LogP contribution < -0.4 is 5.01 Å². The average Bonchev–Trinajstić information content (AvgIpc) is 3.55. The molecule has 0 bridgehead atoms. The van der Waals surface area contributed by atoms with Crippen molar-refractivity contribution in [1.82, 2.24) is 9.97 Å². The second kappa shape index (κ2) is 8.70. The second-order valence-electron chi connectivity index (χ2n) is 8.04. The van der Waals surface area contributed by atoms with Crippen LogP contribution in [0.3, 0.4) is 0 Å². The molecule has 0 spiro atoms. The summed E-state index contributed by atoms with van der Waals surface area (Å²) < 4.78 is 6.69. The molecule has 2 aromatic heterocycles. The van der Waals surface area contributed by atoms with Crippen molar-refractivity contribution in [1.29, 1.82) is 0 Å². The van der Waals surface area contributed by atoms with Crippen LogP contribution >= 0.6 is 27.5 Å². The number of hydrogen-bond acceptors (Lipinski definition) is 5. The second-order valence-corrected chi connectivity index (χ2v) is 9.39. The molecule has 0 unspecified atom stereocenters. The van der Waals surface area contributed by atoms with E-state index in [1.165, 1.54) is 0 Å². The third-order valence-corrected chi connectivity index (χ3v) is 6.63. The first-order valence-electron chi connectivity index (χ1n) is 10.8. The van der Waals surface area contributed by atoms with Crippen LogP contribution in [-0.2, 0) is 0 Å². The Labute approximate surface area is 209 Å². The van der Waals surface area contributed by atoms with Crippen molar-refractivity contribution in [3.8, 4) is 11.3 Å². The summed E-state index contributed by atoms with van der Waals surface area (Å²) >= 11 is 9.87. The fourth-order valence-electron chi connectivity index (χ4n) is 4.24. The number of anilines is 1. The summed E-state index contributed by atoms with van der Waals surface area (Å²) in [5.41, 5.74) is 4.60. The van der Waals surface area contributed by atoms with Crippen molar-refractivity contribution in [2.75, 3.05) is 5.01 Å². The van der Waals surface area contributed by atoms with Gasteiger partial charge >= 0.3 is 0 Å². The Bertz CT molecular complexity index is 1500. The zero-order valence-electron chi connectivity index (χ0n) is 17.9. The lowest BCUT2D eigenvalue weighted by Gasteiger charge is -2.23. The first-order valence-corrected chi connectivity index (χ1v) is 12.0. The summed E-state index contributed by atoms with van der Waals surface area (Å²) in [4.78, 5) is 9.92. The van der Waals surface area contributed by atoms with Gasteiger partial charge in [-0.2, -0.15) is 5.10 Å². The van der Waals surface area contributed by atoms with E-state index >= 15 is 0 Å². The minimum absolute atomic E-state index is 0.0680. The van der Waals surface area contributed by atoms with Crippen LogP contribution in [0.5, 0.6) is 0 Å². The van der Waals surface area contributed by atoms with Crippen LogP contribution in [-0.4, -0.2) is 15.7 Å². The molecule has 0 fully saturated rings. The molecule has 0 aliphatic carbocycles. The quantitative estimate of drug-likeness (QED) is 0.240. The first-order chi connectivity index (χ1) is 16.7. The maximum absolute atomic E-state index is 6.34. The number of benzene rings is 3. The standard InChI is InChI=1S/C27H18BrClN4O/c28-19-10-8-17(9-11-19)24-16-23(25-7-4-14-34-25)32-33(24)27-30-22-13-12-20(29)15-21(22)26(31-27)18-5-2-1-3-6-18/h1-15,24H,16H2/t24-/m1/s1. The Morgan fingerprint density at radius 2 is 1.74 bits per heavy atom. The van der Waals surface area contributed by atoms with Crippen molar-refractivity contribution >= 4 is 50.1 Å². The van der Waals surface area contributed by atoms with Gasteiger partial charge in [-0.25, -0.2) is 15.0 Å². The van der Waals surface area contributed by atoms with Gasteiger partial charge in [0.05, 0.1) is 23.5 Å². The highest BCUT2D eigenvalue weighted by Crippen LogP contribution is 2.38. The SMILES string of the molecule is Clc1ccc2nc(N3N=C(c4ccco4)C[C@@H]3c3ccc(Br)cc3)nc(-c3ccccc3)c2c1. The number of nitrogens with zero attached hydrogens (tertiary/aromatic N) is 4. The molecule has 7 heteroatoms. The highest BCUT2D eigenvalue weighted by Gasteiger charge is 2.33.